The molecule has 52 heavy (non-hydrogen) atoms. The number of hydrogen-bond acceptors (Lipinski definition) is 3. The number of hydrogen-bond donors (Lipinski definition) is 0. The lowest BCUT2D eigenvalue weighted by molar-refractivity contribution is 1.02. The van der Waals surface area contributed by atoms with E-state index in [0.717, 1.165) is 78.0 Å². The molecule has 0 fully saturated rings. The fourth-order valence-corrected chi connectivity index (χ4v) is 7.60. The molecule has 5 nitrogen and oxygen atoms in total. The molecule has 0 amide bonds. The normalized spacial score (nSPS) is 11.5. The summed E-state index contributed by atoms with van der Waals surface area (Å²) >= 11 is 0. The number of benzene rings is 7. The van der Waals surface area contributed by atoms with Gasteiger partial charge in [-0.3, -0.25) is 14.0 Å². The molecular formula is C47H31N5. The molecule has 0 aliphatic heterocycles. The maximum atomic E-state index is 5.46. The molecule has 0 atom stereocenters. The number of para-hydroxylation sites is 4. The van der Waals surface area contributed by atoms with Crippen LogP contribution in [-0.4, -0.2) is 23.9 Å². The van der Waals surface area contributed by atoms with Crippen molar-refractivity contribution in [1.82, 2.24) is 23.9 Å². The molecule has 10 rings (SSSR count). The highest BCUT2D eigenvalue weighted by molar-refractivity contribution is 6.07. The molecule has 7 aromatic carbocycles. The molecule has 5 heteroatoms. The molecule has 0 N–H and O–H groups in total. The van der Waals surface area contributed by atoms with Crippen molar-refractivity contribution in [3.63, 3.8) is 0 Å². The van der Waals surface area contributed by atoms with E-state index in [1.807, 2.05) is 18.5 Å². The lowest BCUT2D eigenvalue weighted by atomic mass is 9.79. The summed E-state index contributed by atoms with van der Waals surface area (Å²) in [5.41, 5.74) is 14.9. The molecule has 3 aromatic heterocycles. The van der Waals surface area contributed by atoms with E-state index in [9.17, 15) is 0 Å². The van der Waals surface area contributed by atoms with Crippen LogP contribution >= 0.6 is 0 Å². The summed E-state index contributed by atoms with van der Waals surface area (Å²) in [6.45, 7) is 0. The van der Waals surface area contributed by atoms with Crippen LogP contribution in [0.5, 0.6) is 0 Å². The Labute approximate surface area is 300 Å². The number of fused-ring (bicyclic) bond motifs is 5. The van der Waals surface area contributed by atoms with Crippen LogP contribution in [0.2, 0.25) is 0 Å². The van der Waals surface area contributed by atoms with E-state index in [1.54, 1.807) is 0 Å². The van der Waals surface area contributed by atoms with E-state index in [0.29, 0.717) is 5.82 Å². The smallest absolute Gasteiger partial charge is 0.221 e. The van der Waals surface area contributed by atoms with Gasteiger partial charge < -0.3 is 0 Å². The third kappa shape index (κ3) is 4.83. The van der Waals surface area contributed by atoms with Crippen LogP contribution in [0.1, 0.15) is 0 Å². The third-order valence-corrected chi connectivity index (χ3v) is 9.83. The molecule has 0 bridgehead atoms. The predicted octanol–water partition coefficient (Wildman–Crippen LogP) is 11.6. The summed E-state index contributed by atoms with van der Waals surface area (Å²) in [6, 6.07) is 61.7. The van der Waals surface area contributed by atoms with Gasteiger partial charge >= 0.3 is 0 Å². The fourth-order valence-electron chi connectivity index (χ4n) is 7.60. The highest BCUT2D eigenvalue weighted by atomic mass is 15.2. The monoisotopic (exact) mass is 665 g/mol. The summed E-state index contributed by atoms with van der Waals surface area (Å²) in [5.74, 6) is 1.50. The van der Waals surface area contributed by atoms with Crippen LogP contribution in [0.15, 0.2) is 188 Å². The van der Waals surface area contributed by atoms with E-state index in [4.69, 9.17) is 15.0 Å². The van der Waals surface area contributed by atoms with Crippen LogP contribution < -0.4 is 0 Å². The minimum atomic E-state index is 0.702. The largest absolute Gasteiger partial charge is 0.276 e. The number of aromatic nitrogens is 5. The van der Waals surface area contributed by atoms with Gasteiger partial charge in [-0.05, 0) is 74.8 Å². The van der Waals surface area contributed by atoms with Crippen LogP contribution in [-0.2, 0) is 0 Å². The Morgan fingerprint density at radius 2 is 0.885 bits per heavy atom. The topological polar surface area (TPSA) is 48.0 Å². The average Bonchev–Trinajstić information content (AvgIpc) is 3.76. The molecule has 10 aromatic rings. The second-order valence-electron chi connectivity index (χ2n) is 12.9. The van der Waals surface area contributed by atoms with Crippen molar-refractivity contribution in [2.45, 2.75) is 0 Å². The molecule has 0 unspecified atom stereocenters. The molecule has 244 valence electrons. The Morgan fingerprint density at radius 3 is 1.52 bits per heavy atom. The zero-order valence-corrected chi connectivity index (χ0v) is 28.1. The second kappa shape index (κ2) is 12.3. The van der Waals surface area contributed by atoms with Crippen LogP contribution in [0.3, 0.4) is 0 Å². The molecule has 0 saturated carbocycles. The van der Waals surface area contributed by atoms with Crippen molar-refractivity contribution in [3.05, 3.63) is 188 Å². The first-order valence-electron chi connectivity index (χ1n) is 17.5. The van der Waals surface area contributed by atoms with Gasteiger partial charge in [-0.2, -0.15) is 0 Å². The van der Waals surface area contributed by atoms with Crippen molar-refractivity contribution in [3.8, 4) is 61.6 Å². The van der Waals surface area contributed by atoms with Crippen molar-refractivity contribution in [2.24, 2.45) is 0 Å². The Balaban J connectivity index is 1.32. The summed E-state index contributed by atoms with van der Waals surface area (Å²) in [4.78, 5) is 15.5. The summed E-state index contributed by atoms with van der Waals surface area (Å²) < 4.78 is 4.34. The van der Waals surface area contributed by atoms with Gasteiger partial charge in [0.1, 0.15) is 0 Å². The van der Waals surface area contributed by atoms with Gasteiger partial charge in [0.05, 0.1) is 40.2 Å². The lowest BCUT2D eigenvalue weighted by Crippen LogP contribution is -2.03. The minimum absolute atomic E-state index is 0.702. The molecule has 3 heterocycles. The Morgan fingerprint density at radius 1 is 0.385 bits per heavy atom. The number of imidazole rings is 2. The first kappa shape index (κ1) is 29.8. The molecule has 0 aliphatic carbocycles. The Kier molecular flexibility index (Phi) is 7.07. The standard InChI is InChI=1S/C47H31N5/c1-5-17-32(18-6-1)36-29-37(45(34-21-9-3-10-22-34)46(35-23-11-4-12-24-35)44(36)33-19-7-2-8-20-33)39-30-48-31-43(49-39)52-42-28-16-15-27-41(42)51-40-26-14-13-25-38(40)50-47(51)52/h1-31H. The lowest BCUT2D eigenvalue weighted by Gasteiger charge is -2.24. The van der Waals surface area contributed by atoms with Gasteiger partial charge in [0, 0.05) is 5.56 Å². The van der Waals surface area contributed by atoms with Gasteiger partial charge in [-0.25, -0.2) is 9.97 Å². The SMILES string of the molecule is c1ccc(-c2cc(-c3cncc(-n4c5ccccc5n5c6ccccc6nc45)n3)c(-c3ccccc3)c(-c3ccccc3)c2-c2ccccc2)cc1. The third-order valence-electron chi connectivity index (χ3n) is 9.83. The van der Waals surface area contributed by atoms with Crippen LogP contribution in [0, 0.1) is 0 Å². The fraction of sp³-hybridized carbons (Fsp3) is 0. The van der Waals surface area contributed by atoms with Crippen molar-refractivity contribution < 1.29 is 0 Å². The highest BCUT2D eigenvalue weighted by Gasteiger charge is 2.25. The summed E-state index contributed by atoms with van der Waals surface area (Å²) in [6.07, 6.45) is 3.73. The van der Waals surface area contributed by atoms with E-state index >= 15 is 0 Å². The second-order valence-corrected chi connectivity index (χ2v) is 12.9. The molecule has 0 spiro atoms. The van der Waals surface area contributed by atoms with Gasteiger partial charge in [0.25, 0.3) is 0 Å². The van der Waals surface area contributed by atoms with Crippen LogP contribution in [0.25, 0.3) is 89.4 Å². The maximum absolute atomic E-state index is 5.46. The van der Waals surface area contributed by atoms with Crippen molar-refractivity contribution in [1.29, 1.82) is 0 Å². The highest BCUT2D eigenvalue weighted by Crippen LogP contribution is 2.50. The van der Waals surface area contributed by atoms with Gasteiger partial charge in [0.2, 0.25) is 5.78 Å². The molecule has 0 aliphatic rings. The molecule has 0 radical (unpaired) electrons. The average molecular weight is 666 g/mol. The molecule has 0 saturated heterocycles. The van der Waals surface area contributed by atoms with Gasteiger partial charge in [-0.1, -0.05) is 146 Å². The maximum Gasteiger partial charge on any atom is 0.221 e. The summed E-state index contributed by atoms with van der Waals surface area (Å²) in [5, 5.41) is 0. The van der Waals surface area contributed by atoms with E-state index < -0.39 is 0 Å². The number of nitrogens with zero attached hydrogens (tertiary/aromatic N) is 5. The van der Waals surface area contributed by atoms with E-state index in [-0.39, 0.29) is 0 Å². The zero-order chi connectivity index (χ0) is 34.4. The molecular weight excluding hydrogens is 635 g/mol. The first-order valence-corrected chi connectivity index (χ1v) is 17.5. The summed E-state index contributed by atoms with van der Waals surface area (Å²) in [7, 11) is 0. The van der Waals surface area contributed by atoms with Gasteiger partial charge in [-0.15, -0.1) is 0 Å². The van der Waals surface area contributed by atoms with E-state index in [1.165, 1.54) is 5.56 Å². The van der Waals surface area contributed by atoms with Gasteiger partial charge in [0.15, 0.2) is 5.82 Å². The zero-order valence-electron chi connectivity index (χ0n) is 28.1. The Bertz CT molecular complexity index is 2880. The predicted molar refractivity (Wildman–Crippen MR) is 212 cm³/mol. The van der Waals surface area contributed by atoms with E-state index in [2.05, 4.69) is 179 Å². The van der Waals surface area contributed by atoms with Crippen molar-refractivity contribution >= 4 is 27.8 Å². The van der Waals surface area contributed by atoms with Crippen molar-refractivity contribution in [2.75, 3.05) is 0 Å². The minimum Gasteiger partial charge on any atom is -0.276 e. The van der Waals surface area contributed by atoms with Crippen LogP contribution in [0.4, 0.5) is 0 Å². The number of rotatable bonds is 6. The first-order chi connectivity index (χ1) is 25.8. The quantitative estimate of drug-likeness (QED) is 0.178. The Hall–Kier alpha value is -7.11.